The highest BCUT2D eigenvalue weighted by Gasteiger charge is 2.28. The molecule has 110 valence electrons. The number of aromatic nitrogens is 2. The first kappa shape index (κ1) is 15.1. The van der Waals surface area contributed by atoms with E-state index in [0.717, 1.165) is 12.8 Å². The van der Waals surface area contributed by atoms with Gasteiger partial charge in [-0.2, -0.15) is 21.1 Å². The van der Waals surface area contributed by atoms with E-state index in [-0.39, 0.29) is 15.5 Å². The average Bonchev–Trinajstić information content (AvgIpc) is 3.00. The van der Waals surface area contributed by atoms with Crippen molar-refractivity contribution in [2.24, 2.45) is 0 Å². The van der Waals surface area contributed by atoms with Gasteiger partial charge in [-0.3, -0.25) is 0 Å². The molecule has 2 aromatic heterocycles. The maximum atomic E-state index is 11.2. The summed E-state index contributed by atoms with van der Waals surface area (Å²) in [6.07, 6.45) is 5.77. The van der Waals surface area contributed by atoms with Crippen molar-refractivity contribution >= 4 is 39.7 Å². The number of thiazole rings is 1. The number of anilines is 1. The van der Waals surface area contributed by atoms with Crippen molar-refractivity contribution < 1.29 is 4.92 Å². The summed E-state index contributed by atoms with van der Waals surface area (Å²) in [6, 6.07) is 0. The molecule has 0 aliphatic rings. The van der Waals surface area contributed by atoms with E-state index in [9.17, 15) is 10.1 Å². The van der Waals surface area contributed by atoms with Gasteiger partial charge >= 0.3 is 5.82 Å². The number of rotatable bonds is 7. The number of hydrogen-bond acceptors (Lipinski definition) is 6. The number of fused-ring (bicyclic) bond motifs is 1. The van der Waals surface area contributed by atoms with Crippen LogP contribution in [0.4, 0.5) is 11.6 Å². The van der Waals surface area contributed by atoms with Gasteiger partial charge in [0.05, 0.1) is 0 Å². The second kappa shape index (κ2) is 6.01. The third kappa shape index (κ3) is 2.62. The van der Waals surface area contributed by atoms with E-state index in [1.807, 2.05) is 0 Å². The molecule has 0 saturated heterocycles. The maximum absolute atomic E-state index is 11.2. The van der Waals surface area contributed by atoms with Crippen LogP contribution in [0.2, 0.25) is 0 Å². The molecule has 2 heterocycles. The molecule has 1 N–H and O–H groups in total. The standard InChI is InChI=1S/C12H18N4O2S2/c1-4-12(5-2,19-3)8-13-9-10(16(17)18)15-6-7-20-11(15)14-9/h6-7,13H,4-5,8H2,1-3H3. The van der Waals surface area contributed by atoms with Crippen LogP contribution < -0.4 is 5.32 Å². The molecular formula is C12H18N4O2S2. The van der Waals surface area contributed by atoms with Crippen LogP contribution in [0.5, 0.6) is 0 Å². The predicted molar refractivity (Wildman–Crippen MR) is 85.0 cm³/mol. The predicted octanol–water partition coefficient (Wildman–Crippen LogP) is 3.64. The Labute approximate surface area is 125 Å². The van der Waals surface area contributed by atoms with Gasteiger partial charge < -0.3 is 15.4 Å². The third-order valence-corrected chi connectivity index (χ3v) is 6.05. The minimum absolute atomic E-state index is 0.0171. The SMILES string of the molecule is CCC(CC)(CNc1nc2sccn2c1[N+](=O)[O-])SC. The lowest BCUT2D eigenvalue weighted by atomic mass is 10.0. The zero-order valence-corrected chi connectivity index (χ0v) is 13.4. The Hall–Kier alpha value is -1.28. The van der Waals surface area contributed by atoms with Crippen molar-refractivity contribution in [2.75, 3.05) is 18.1 Å². The Morgan fingerprint density at radius 3 is 2.80 bits per heavy atom. The van der Waals surface area contributed by atoms with E-state index < -0.39 is 0 Å². The Bertz CT molecular complexity index is 595. The Balaban J connectivity index is 2.27. The van der Waals surface area contributed by atoms with Crippen LogP contribution in [0, 0.1) is 10.1 Å². The molecule has 20 heavy (non-hydrogen) atoms. The molecule has 2 rings (SSSR count). The fourth-order valence-corrected chi connectivity index (χ4v) is 3.68. The molecule has 0 spiro atoms. The first-order valence-corrected chi connectivity index (χ1v) is 8.56. The van der Waals surface area contributed by atoms with Gasteiger partial charge in [0.15, 0.2) is 0 Å². The van der Waals surface area contributed by atoms with Crippen LogP contribution in [0.1, 0.15) is 26.7 Å². The summed E-state index contributed by atoms with van der Waals surface area (Å²) in [5, 5.41) is 16.2. The quantitative estimate of drug-likeness (QED) is 0.624. The van der Waals surface area contributed by atoms with Gasteiger partial charge in [-0.25, -0.2) is 0 Å². The smallest absolute Gasteiger partial charge is 0.362 e. The molecule has 0 amide bonds. The van der Waals surface area contributed by atoms with Gasteiger partial charge in [0.25, 0.3) is 4.96 Å². The number of nitro groups is 1. The Morgan fingerprint density at radius 1 is 1.55 bits per heavy atom. The molecule has 0 atom stereocenters. The highest BCUT2D eigenvalue weighted by Crippen LogP contribution is 2.33. The van der Waals surface area contributed by atoms with E-state index in [1.54, 1.807) is 23.3 Å². The van der Waals surface area contributed by atoms with Crippen molar-refractivity contribution in [3.05, 3.63) is 21.7 Å². The van der Waals surface area contributed by atoms with E-state index in [4.69, 9.17) is 0 Å². The molecule has 6 nitrogen and oxygen atoms in total. The Morgan fingerprint density at radius 2 is 2.25 bits per heavy atom. The summed E-state index contributed by atoms with van der Waals surface area (Å²) in [5.74, 6) is 0.380. The number of hydrogen-bond donors (Lipinski definition) is 1. The van der Waals surface area contributed by atoms with Gasteiger partial charge in [-0.1, -0.05) is 25.2 Å². The van der Waals surface area contributed by atoms with E-state index in [0.29, 0.717) is 17.3 Å². The van der Waals surface area contributed by atoms with Crippen molar-refractivity contribution in [2.45, 2.75) is 31.4 Å². The van der Waals surface area contributed by atoms with Crippen molar-refractivity contribution in [3.63, 3.8) is 0 Å². The molecule has 0 saturated carbocycles. The number of imidazole rings is 1. The van der Waals surface area contributed by atoms with Gasteiger partial charge in [0.1, 0.15) is 6.20 Å². The second-order valence-electron chi connectivity index (χ2n) is 4.54. The summed E-state index contributed by atoms with van der Waals surface area (Å²) in [5.41, 5.74) is 0. The van der Waals surface area contributed by atoms with Crippen LogP contribution in [0.15, 0.2) is 11.6 Å². The lowest BCUT2D eigenvalue weighted by molar-refractivity contribution is -0.389. The molecule has 0 aromatic carbocycles. The summed E-state index contributed by atoms with van der Waals surface area (Å²) < 4.78 is 1.61. The molecular weight excluding hydrogens is 296 g/mol. The normalized spacial score (nSPS) is 11.9. The molecule has 0 fully saturated rings. The van der Waals surface area contributed by atoms with Crippen molar-refractivity contribution in [3.8, 4) is 0 Å². The average molecular weight is 314 g/mol. The first-order valence-electron chi connectivity index (χ1n) is 6.46. The van der Waals surface area contributed by atoms with E-state index in [1.165, 1.54) is 15.7 Å². The van der Waals surface area contributed by atoms with Crippen LogP contribution >= 0.6 is 23.1 Å². The van der Waals surface area contributed by atoms with E-state index >= 15 is 0 Å². The zero-order chi connectivity index (χ0) is 14.8. The monoisotopic (exact) mass is 314 g/mol. The fourth-order valence-electron chi connectivity index (χ4n) is 2.17. The molecule has 0 aliphatic carbocycles. The topological polar surface area (TPSA) is 72.5 Å². The van der Waals surface area contributed by atoms with Crippen LogP contribution in [0.3, 0.4) is 0 Å². The largest absolute Gasteiger partial charge is 0.372 e. The van der Waals surface area contributed by atoms with Crippen LogP contribution in [-0.4, -0.2) is 31.9 Å². The Kier molecular flexibility index (Phi) is 4.54. The highest BCUT2D eigenvalue weighted by atomic mass is 32.2. The fraction of sp³-hybridized carbons (Fsp3) is 0.583. The van der Waals surface area contributed by atoms with Crippen molar-refractivity contribution in [1.29, 1.82) is 0 Å². The van der Waals surface area contributed by atoms with Gasteiger partial charge in [0, 0.05) is 16.7 Å². The highest BCUT2D eigenvalue weighted by molar-refractivity contribution is 8.00. The summed E-state index contributed by atoms with van der Waals surface area (Å²) in [4.78, 5) is 15.8. The molecule has 0 bridgehead atoms. The van der Waals surface area contributed by atoms with Crippen molar-refractivity contribution in [1.82, 2.24) is 9.38 Å². The summed E-state index contributed by atoms with van der Waals surface area (Å²) in [7, 11) is 0. The third-order valence-electron chi connectivity index (χ3n) is 3.71. The second-order valence-corrected chi connectivity index (χ2v) is 6.69. The molecule has 0 unspecified atom stereocenters. The molecule has 0 radical (unpaired) electrons. The number of nitrogens with one attached hydrogen (secondary N) is 1. The summed E-state index contributed by atoms with van der Waals surface area (Å²) >= 11 is 3.19. The first-order chi connectivity index (χ1) is 9.56. The molecule has 0 aliphatic heterocycles. The zero-order valence-electron chi connectivity index (χ0n) is 11.8. The lowest BCUT2D eigenvalue weighted by Crippen LogP contribution is -2.32. The summed E-state index contributed by atoms with van der Waals surface area (Å²) in [6.45, 7) is 4.95. The molecule has 2 aromatic rings. The maximum Gasteiger partial charge on any atom is 0.372 e. The minimum Gasteiger partial charge on any atom is -0.362 e. The van der Waals surface area contributed by atoms with Crippen LogP contribution in [0.25, 0.3) is 4.96 Å². The minimum atomic E-state index is -0.381. The molecule has 8 heteroatoms. The van der Waals surface area contributed by atoms with Gasteiger partial charge in [-0.05, 0) is 24.0 Å². The number of nitrogens with zero attached hydrogens (tertiary/aromatic N) is 3. The lowest BCUT2D eigenvalue weighted by Gasteiger charge is -2.29. The number of thioether (sulfide) groups is 1. The van der Waals surface area contributed by atoms with E-state index in [2.05, 4.69) is 30.4 Å². The van der Waals surface area contributed by atoms with Gasteiger partial charge in [-0.15, -0.1) is 0 Å². The van der Waals surface area contributed by atoms with Crippen LogP contribution in [-0.2, 0) is 0 Å². The van der Waals surface area contributed by atoms with Gasteiger partial charge in [0.2, 0.25) is 5.82 Å².